The molecule has 4 rings (SSSR count). The first-order valence-corrected chi connectivity index (χ1v) is 7.47. The number of imidazole rings is 1. The summed E-state index contributed by atoms with van der Waals surface area (Å²) in [7, 11) is 0. The van der Waals surface area contributed by atoms with Crippen LogP contribution in [0.5, 0.6) is 0 Å². The third-order valence-electron chi connectivity index (χ3n) is 3.87. The number of aromatic nitrogens is 5. The van der Waals surface area contributed by atoms with Crippen LogP contribution in [0.4, 0.5) is 0 Å². The van der Waals surface area contributed by atoms with Crippen LogP contribution in [0, 0.1) is 0 Å². The van der Waals surface area contributed by atoms with Crippen molar-refractivity contribution in [3.05, 3.63) is 65.9 Å². The minimum absolute atomic E-state index is 0.404. The van der Waals surface area contributed by atoms with Crippen LogP contribution >= 0.6 is 0 Å². The van der Waals surface area contributed by atoms with Gasteiger partial charge in [-0.05, 0) is 30.7 Å². The van der Waals surface area contributed by atoms with Crippen molar-refractivity contribution in [2.45, 2.75) is 13.3 Å². The Balaban J connectivity index is 1.75. The molecule has 0 unspecified atom stereocenters. The van der Waals surface area contributed by atoms with Gasteiger partial charge in [0.25, 0.3) is 5.78 Å². The van der Waals surface area contributed by atoms with E-state index in [2.05, 4.69) is 31.3 Å². The number of rotatable bonds is 3. The summed E-state index contributed by atoms with van der Waals surface area (Å²) in [5.74, 6) is 0.516. The first kappa shape index (κ1) is 14.3. The molecule has 0 spiro atoms. The highest BCUT2D eigenvalue weighted by Crippen LogP contribution is 2.16. The largest absolute Gasteiger partial charge is 0.411 e. The average Bonchev–Trinajstić information content (AvgIpc) is 3.03. The van der Waals surface area contributed by atoms with E-state index in [1.54, 1.807) is 30.0 Å². The molecule has 3 heterocycles. The molecule has 7 nitrogen and oxygen atoms in total. The number of hydrogen-bond acceptors (Lipinski definition) is 6. The fraction of sp³-hybridized carbons (Fsp3) is 0.118. The van der Waals surface area contributed by atoms with Crippen molar-refractivity contribution in [2.24, 2.45) is 5.16 Å². The van der Waals surface area contributed by atoms with Crippen LogP contribution < -0.4 is 0 Å². The zero-order chi connectivity index (χ0) is 16.5. The standard InChI is InChI=1S/C17H14N6O/c1-11(22-24)16-10-20-17-19-9-14(23(17)21-16)8-12-4-5-15-13(7-12)3-2-6-18-15/h2-7,9-10,24H,8H2,1H3/b22-11-. The van der Waals surface area contributed by atoms with Gasteiger partial charge < -0.3 is 5.21 Å². The van der Waals surface area contributed by atoms with Gasteiger partial charge in [0.15, 0.2) is 0 Å². The maximum Gasteiger partial charge on any atom is 0.250 e. The van der Waals surface area contributed by atoms with Crippen LogP contribution in [0.1, 0.15) is 23.9 Å². The fourth-order valence-electron chi connectivity index (χ4n) is 2.60. The number of fused-ring (bicyclic) bond motifs is 2. The van der Waals surface area contributed by atoms with Crippen LogP contribution in [0.3, 0.4) is 0 Å². The lowest BCUT2D eigenvalue weighted by molar-refractivity contribution is 0.319. The molecule has 0 amide bonds. The van der Waals surface area contributed by atoms with Crippen molar-refractivity contribution < 1.29 is 5.21 Å². The Labute approximate surface area is 137 Å². The Bertz CT molecular complexity index is 1070. The topological polar surface area (TPSA) is 88.6 Å². The van der Waals surface area contributed by atoms with Crippen LogP contribution in [0.25, 0.3) is 16.7 Å². The van der Waals surface area contributed by atoms with Crippen molar-refractivity contribution in [1.82, 2.24) is 24.6 Å². The van der Waals surface area contributed by atoms with Gasteiger partial charge in [-0.3, -0.25) is 4.98 Å². The Morgan fingerprint density at radius 3 is 2.92 bits per heavy atom. The zero-order valence-corrected chi connectivity index (χ0v) is 13.0. The molecule has 0 aliphatic rings. The van der Waals surface area contributed by atoms with Crippen molar-refractivity contribution in [3.8, 4) is 0 Å². The second-order valence-corrected chi connectivity index (χ2v) is 5.50. The van der Waals surface area contributed by atoms with Crippen LogP contribution in [0.15, 0.2) is 54.1 Å². The van der Waals surface area contributed by atoms with Crippen LogP contribution in [-0.2, 0) is 6.42 Å². The maximum absolute atomic E-state index is 8.91. The first-order chi connectivity index (χ1) is 11.7. The summed E-state index contributed by atoms with van der Waals surface area (Å²) >= 11 is 0. The highest BCUT2D eigenvalue weighted by molar-refractivity contribution is 5.96. The Morgan fingerprint density at radius 2 is 2.04 bits per heavy atom. The van der Waals surface area contributed by atoms with Crippen molar-refractivity contribution in [1.29, 1.82) is 0 Å². The lowest BCUT2D eigenvalue weighted by Gasteiger charge is -2.04. The number of benzene rings is 1. The molecule has 0 atom stereocenters. The summed E-state index contributed by atoms with van der Waals surface area (Å²) in [5, 5.41) is 17.6. The SMILES string of the molecule is C/C(=N/O)c1cnc2ncc(Cc3ccc4ncccc4c3)n2n1. The molecule has 1 N–H and O–H groups in total. The van der Waals surface area contributed by atoms with Gasteiger partial charge in [0.05, 0.1) is 23.6 Å². The molecule has 1 aromatic carbocycles. The Kier molecular flexibility index (Phi) is 3.38. The molecule has 4 aromatic rings. The molecular formula is C17H14N6O. The Morgan fingerprint density at radius 1 is 1.17 bits per heavy atom. The lowest BCUT2D eigenvalue weighted by Crippen LogP contribution is -2.07. The molecule has 0 bridgehead atoms. The molecule has 0 aliphatic heterocycles. The van der Waals surface area contributed by atoms with E-state index in [0.29, 0.717) is 23.6 Å². The van der Waals surface area contributed by atoms with E-state index in [-0.39, 0.29) is 0 Å². The van der Waals surface area contributed by atoms with E-state index >= 15 is 0 Å². The second-order valence-electron chi connectivity index (χ2n) is 5.50. The van der Waals surface area contributed by atoms with E-state index in [1.165, 1.54) is 0 Å². The molecular weight excluding hydrogens is 304 g/mol. The molecule has 0 fully saturated rings. The minimum Gasteiger partial charge on any atom is -0.411 e. The summed E-state index contributed by atoms with van der Waals surface area (Å²) in [4.78, 5) is 12.9. The monoisotopic (exact) mass is 318 g/mol. The number of pyridine rings is 1. The number of oxime groups is 1. The molecule has 3 aromatic heterocycles. The predicted molar refractivity (Wildman–Crippen MR) is 89.3 cm³/mol. The van der Waals surface area contributed by atoms with Gasteiger partial charge in [-0.2, -0.15) is 5.10 Å². The van der Waals surface area contributed by atoms with Crippen molar-refractivity contribution in [2.75, 3.05) is 0 Å². The quantitative estimate of drug-likeness (QED) is 0.356. The molecule has 0 saturated heterocycles. The maximum atomic E-state index is 8.91. The highest BCUT2D eigenvalue weighted by Gasteiger charge is 2.10. The van der Waals surface area contributed by atoms with Gasteiger partial charge in [0, 0.05) is 18.0 Å². The van der Waals surface area contributed by atoms with Gasteiger partial charge in [-0.15, -0.1) is 0 Å². The predicted octanol–water partition coefficient (Wildman–Crippen LogP) is 2.46. The smallest absolute Gasteiger partial charge is 0.250 e. The molecule has 24 heavy (non-hydrogen) atoms. The lowest BCUT2D eigenvalue weighted by atomic mass is 10.1. The van der Waals surface area contributed by atoms with Crippen LogP contribution in [0.2, 0.25) is 0 Å². The summed E-state index contributed by atoms with van der Waals surface area (Å²) in [6.45, 7) is 1.67. The zero-order valence-electron chi connectivity index (χ0n) is 13.0. The highest BCUT2D eigenvalue weighted by atomic mass is 16.4. The van der Waals surface area contributed by atoms with E-state index in [1.807, 2.05) is 24.3 Å². The van der Waals surface area contributed by atoms with E-state index in [0.717, 1.165) is 22.2 Å². The molecule has 118 valence electrons. The van der Waals surface area contributed by atoms with Gasteiger partial charge >= 0.3 is 0 Å². The average molecular weight is 318 g/mol. The van der Waals surface area contributed by atoms with Gasteiger partial charge in [-0.25, -0.2) is 14.5 Å². The number of hydrogen-bond donors (Lipinski definition) is 1. The molecule has 7 heteroatoms. The van der Waals surface area contributed by atoms with Crippen molar-refractivity contribution in [3.63, 3.8) is 0 Å². The number of nitrogens with zero attached hydrogens (tertiary/aromatic N) is 6. The van der Waals surface area contributed by atoms with E-state index in [4.69, 9.17) is 5.21 Å². The summed E-state index contributed by atoms with van der Waals surface area (Å²) < 4.78 is 1.68. The van der Waals surface area contributed by atoms with E-state index in [9.17, 15) is 0 Å². The Hall–Kier alpha value is -3.35. The summed E-state index contributed by atoms with van der Waals surface area (Å²) in [5.41, 5.74) is 3.93. The fourth-order valence-corrected chi connectivity index (χ4v) is 2.60. The van der Waals surface area contributed by atoms with Gasteiger partial charge in [0.1, 0.15) is 11.4 Å². The molecule has 0 saturated carbocycles. The third-order valence-corrected chi connectivity index (χ3v) is 3.87. The first-order valence-electron chi connectivity index (χ1n) is 7.47. The minimum atomic E-state index is 0.404. The second kappa shape index (κ2) is 5.69. The normalized spacial score (nSPS) is 12.1. The van der Waals surface area contributed by atoms with Crippen molar-refractivity contribution >= 4 is 22.4 Å². The molecule has 0 aliphatic carbocycles. The third kappa shape index (κ3) is 2.45. The van der Waals surface area contributed by atoms with Gasteiger partial charge in [-0.1, -0.05) is 17.3 Å². The van der Waals surface area contributed by atoms with Gasteiger partial charge in [0.2, 0.25) is 0 Å². The van der Waals surface area contributed by atoms with Crippen LogP contribution in [-0.4, -0.2) is 35.5 Å². The summed E-state index contributed by atoms with van der Waals surface area (Å²) in [6.07, 6.45) is 5.76. The molecule has 0 radical (unpaired) electrons. The van der Waals surface area contributed by atoms with E-state index < -0.39 is 0 Å². The summed E-state index contributed by atoms with van der Waals surface area (Å²) in [6, 6.07) is 10.1.